The summed E-state index contributed by atoms with van der Waals surface area (Å²) in [6.45, 7) is 0.533. The summed E-state index contributed by atoms with van der Waals surface area (Å²) in [5.41, 5.74) is 9.46. The van der Waals surface area contributed by atoms with Crippen molar-refractivity contribution in [1.29, 1.82) is 0 Å². The highest BCUT2D eigenvalue weighted by atomic mass is 31.3. The molecule has 262 valence electrons. The van der Waals surface area contributed by atoms with Crippen molar-refractivity contribution in [3.63, 3.8) is 0 Å². The molecule has 26 heteroatoms. The van der Waals surface area contributed by atoms with Crippen molar-refractivity contribution in [3.8, 4) is 0 Å². The summed E-state index contributed by atoms with van der Waals surface area (Å²) in [6.07, 6.45) is -4.54. The Morgan fingerprint density at radius 2 is 1.70 bits per heavy atom. The molecule has 0 aliphatic carbocycles. The van der Waals surface area contributed by atoms with E-state index in [2.05, 4.69) is 33.6 Å². The van der Waals surface area contributed by atoms with Gasteiger partial charge in [-0.05, 0) is 6.92 Å². The van der Waals surface area contributed by atoms with Crippen LogP contribution in [0.5, 0.6) is 0 Å². The number of carbonyl (C=O) groups excluding carboxylic acids is 2. The van der Waals surface area contributed by atoms with Gasteiger partial charge in [-0.25, -0.2) is 28.6 Å². The molecular weight excluding hydrogens is 687 g/mol. The summed E-state index contributed by atoms with van der Waals surface area (Å²) in [6, 6.07) is 0. The zero-order valence-corrected chi connectivity index (χ0v) is 27.2. The predicted molar refractivity (Wildman–Crippen MR) is 153 cm³/mol. The molecule has 0 saturated heterocycles. The van der Waals surface area contributed by atoms with Crippen molar-refractivity contribution >= 4 is 52.3 Å². The summed E-state index contributed by atoms with van der Waals surface area (Å²) >= 11 is 0. The minimum absolute atomic E-state index is 0.0179. The van der Waals surface area contributed by atoms with E-state index in [1.54, 1.807) is 0 Å². The molecule has 0 spiro atoms. The average molecular weight is 723 g/mol. The van der Waals surface area contributed by atoms with Gasteiger partial charge in [0.2, 0.25) is 11.8 Å². The highest BCUT2D eigenvalue weighted by molar-refractivity contribution is 7.61. The number of hydrogen-bond acceptors (Lipinski definition) is 16. The average Bonchev–Trinajstić information content (AvgIpc) is 3.37. The molecular formula is C20H36N7O16P3. The van der Waals surface area contributed by atoms with Gasteiger partial charge in [0.15, 0.2) is 11.5 Å². The Kier molecular flexibility index (Phi) is 13.9. The lowest BCUT2D eigenvalue weighted by Crippen LogP contribution is -2.46. The number of aliphatic hydroxyl groups excluding tert-OH is 2. The van der Waals surface area contributed by atoms with Gasteiger partial charge >= 0.3 is 23.5 Å². The maximum absolute atomic E-state index is 12.6. The van der Waals surface area contributed by atoms with Crippen LogP contribution in [0.3, 0.4) is 0 Å². The van der Waals surface area contributed by atoms with E-state index in [-0.39, 0.29) is 29.9 Å². The van der Waals surface area contributed by atoms with E-state index < -0.39 is 85.1 Å². The number of phosphoric acid groups is 3. The van der Waals surface area contributed by atoms with Gasteiger partial charge in [-0.15, -0.1) is 0 Å². The number of anilines is 1. The zero-order valence-electron chi connectivity index (χ0n) is 24.6. The van der Waals surface area contributed by atoms with Gasteiger partial charge in [0.05, 0.1) is 26.1 Å². The number of nitrogens with one attached hydrogen (secondary N) is 1. The number of amides is 2. The second-order valence-electron chi connectivity index (χ2n) is 10.2. The number of carbonyl (C=O) groups is 2. The van der Waals surface area contributed by atoms with Gasteiger partial charge in [0.1, 0.15) is 36.4 Å². The molecule has 5 unspecified atom stereocenters. The van der Waals surface area contributed by atoms with Crippen LogP contribution in [-0.2, 0) is 45.9 Å². The molecule has 0 aliphatic rings. The van der Waals surface area contributed by atoms with Crippen LogP contribution in [0, 0.1) is 5.41 Å². The lowest BCUT2D eigenvalue weighted by atomic mass is 9.87. The van der Waals surface area contributed by atoms with Crippen molar-refractivity contribution in [2.45, 2.75) is 51.7 Å². The standard InChI is InChI=1S/C20H36N7O16P3/c1-11(27-10-26-15-17(22)24-9-25-18(15)27)41-13(12(6-28)42-44(32,33)34)7-39-45(35,36)43-46(37,38)40-8-20(2,3)16(30)19(31)23-5-4-14(21)29/h9-13,16,28,30H,4-8H2,1-3H3,(H2,21,29)(H,23,31)(H,35,36)(H,37,38)(H2,22,24,25)(H2,32,33,34)/t11?,12?,13-,16?/m1/s1. The molecule has 2 aromatic rings. The number of aliphatic hydroxyl groups is 2. The Balaban J connectivity index is 2.13. The van der Waals surface area contributed by atoms with Crippen molar-refractivity contribution in [3.05, 3.63) is 12.7 Å². The van der Waals surface area contributed by atoms with Crippen LogP contribution in [0.15, 0.2) is 12.7 Å². The Labute approximate surface area is 260 Å². The molecule has 0 fully saturated rings. The zero-order chi connectivity index (χ0) is 35.1. The van der Waals surface area contributed by atoms with Crippen LogP contribution in [-0.4, -0.2) is 106 Å². The van der Waals surface area contributed by atoms with E-state index >= 15 is 0 Å². The summed E-state index contributed by atoms with van der Waals surface area (Å²) in [5.74, 6) is -1.67. The quantitative estimate of drug-likeness (QED) is 0.0695. The van der Waals surface area contributed by atoms with E-state index in [1.807, 2.05) is 0 Å². The van der Waals surface area contributed by atoms with E-state index in [4.69, 9.17) is 20.7 Å². The highest BCUT2D eigenvalue weighted by Gasteiger charge is 2.41. The molecule has 2 aromatic heterocycles. The number of rotatable bonds is 20. The Bertz CT molecular complexity index is 1500. The number of nitrogens with two attached hydrogens (primary N) is 2. The van der Waals surface area contributed by atoms with Gasteiger partial charge in [-0.2, -0.15) is 4.31 Å². The van der Waals surface area contributed by atoms with Crippen molar-refractivity contribution in [2.24, 2.45) is 11.1 Å². The smallest absolute Gasteiger partial charge is 0.394 e. The van der Waals surface area contributed by atoms with Crippen LogP contribution in [0.2, 0.25) is 0 Å². The van der Waals surface area contributed by atoms with E-state index in [0.29, 0.717) is 0 Å². The maximum Gasteiger partial charge on any atom is 0.481 e. The SMILES string of the molecule is CC(O[C@H](COP(=O)(O)OP(=O)(O)OCC(C)(C)C(O)C(=O)NCCC(N)=O)C(CO)OP(=O)(O)O)n1cnc2c(N)ncnc21. The predicted octanol–water partition coefficient (Wildman–Crippen LogP) is -1.59. The highest BCUT2D eigenvalue weighted by Crippen LogP contribution is 2.61. The molecule has 2 rings (SSSR count). The van der Waals surface area contributed by atoms with Gasteiger partial charge in [0, 0.05) is 18.4 Å². The number of fused-ring (bicyclic) bond motifs is 1. The minimum atomic E-state index is -5.56. The molecule has 0 bridgehead atoms. The minimum Gasteiger partial charge on any atom is -0.394 e. The van der Waals surface area contributed by atoms with Crippen LogP contribution >= 0.6 is 23.5 Å². The van der Waals surface area contributed by atoms with Crippen molar-refractivity contribution in [1.82, 2.24) is 24.8 Å². The number of ether oxygens (including phenoxy) is 1. The second-order valence-corrected chi connectivity index (χ2v) is 14.4. The lowest BCUT2D eigenvalue weighted by molar-refractivity contribution is -0.137. The largest absolute Gasteiger partial charge is 0.481 e. The Hall–Kier alpha value is -2.46. The van der Waals surface area contributed by atoms with Gasteiger partial charge < -0.3 is 51.3 Å². The molecule has 23 nitrogen and oxygen atoms in total. The number of nitrogen functional groups attached to an aromatic ring is 1. The molecule has 0 aromatic carbocycles. The monoisotopic (exact) mass is 723 g/mol. The molecule has 0 aliphatic heterocycles. The first-order valence-corrected chi connectivity index (χ1v) is 17.4. The van der Waals surface area contributed by atoms with Gasteiger partial charge in [-0.1, -0.05) is 13.8 Å². The number of nitrogens with zero attached hydrogens (tertiary/aromatic N) is 4. The summed E-state index contributed by atoms with van der Waals surface area (Å²) in [7, 11) is -16.3. The summed E-state index contributed by atoms with van der Waals surface area (Å²) in [4.78, 5) is 73.5. The first-order chi connectivity index (χ1) is 21.1. The number of imidazole rings is 1. The third kappa shape index (κ3) is 12.3. The Morgan fingerprint density at radius 1 is 1.07 bits per heavy atom. The van der Waals surface area contributed by atoms with Crippen molar-refractivity contribution < 1.29 is 75.7 Å². The first kappa shape index (κ1) is 39.7. The number of phosphoric ester groups is 3. The molecule has 2 heterocycles. The van der Waals surface area contributed by atoms with Crippen LogP contribution in [0.25, 0.3) is 11.2 Å². The number of hydrogen-bond donors (Lipinski definition) is 9. The fourth-order valence-corrected chi connectivity index (χ4v) is 6.32. The molecule has 0 saturated carbocycles. The first-order valence-electron chi connectivity index (χ1n) is 12.9. The van der Waals surface area contributed by atoms with Gasteiger partial charge in [-0.3, -0.25) is 27.7 Å². The van der Waals surface area contributed by atoms with Crippen LogP contribution < -0.4 is 16.8 Å². The molecule has 6 atom stereocenters. The fraction of sp³-hybridized carbons (Fsp3) is 0.650. The molecule has 0 radical (unpaired) electrons. The van der Waals surface area contributed by atoms with Crippen LogP contribution in [0.1, 0.15) is 33.4 Å². The van der Waals surface area contributed by atoms with E-state index in [1.165, 1.54) is 31.7 Å². The second kappa shape index (κ2) is 16.1. The summed E-state index contributed by atoms with van der Waals surface area (Å²) < 4.78 is 61.6. The maximum atomic E-state index is 12.6. The third-order valence-electron chi connectivity index (χ3n) is 5.89. The third-order valence-corrected chi connectivity index (χ3v) is 9.01. The lowest BCUT2D eigenvalue weighted by Gasteiger charge is -2.30. The fourth-order valence-electron chi connectivity index (χ4n) is 3.52. The van der Waals surface area contributed by atoms with Crippen LogP contribution in [0.4, 0.5) is 5.82 Å². The van der Waals surface area contributed by atoms with Gasteiger partial charge in [0.25, 0.3) is 0 Å². The normalized spacial score (nSPS) is 17.8. The molecule has 11 N–H and O–H groups in total. The Morgan fingerprint density at radius 3 is 2.28 bits per heavy atom. The number of primary amides is 1. The molecule has 46 heavy (non-hydrogen) atoms. The molecule has 2 amide bonds. The van der Waals surface area contributed by atoms with E-state index in [9.17, 15) is 53.1 Å². The van der Waals surface area contributed by atoms with E-state index in [0.717, 1.165) is 6.33 Å². The van der Waals surface area contributed by atoms with Crippen molar-refractivity contribution in [2.75, 3.05) is 32.1 Å². The summed E-state index contributed by atoms with van der Waals surface area (Å²) in [5, 5.41) is 22.2. The topological polar surface area (TPSA) is 361 Å². The number of aromatic nitrogens is 4.